The molecule has 0 radical (unpaired) electrons. The first-order chi connectivity index (χ1) is 14.0. The van der Waals surface area contributed by atoms with Crippen LogP contribution in [0.5, 0.6) is 0 Å². The number of carbonyl (C=O) groups excluding carboxylic acids is 2. The third kappa shape index (κ3) is 3.75. The lowest BCUT2D eigenvalue weighted by Crippen LogP contribution is -2.16. The van der Waals surface area contributed by atoms with Gasteiger partial charge in [0.1, 0.15) is 5.00 Å². The van der Waals surface area contributed by atoms with Gasteiger partial charge in [0, 0.05) is 22.4 Å². The van der Waals surface area contributed by atoms with E-state index in [0.29, 0.717) is 21.6 Å². The summed E-state index contributed by atoms with van der Waals surface area (Å²) < 4.78 is 0. The van der Waals surface area contributed by atoms with Crippen molar-refractivity contribution in [1.29, 1.82) is 0 Å². The molecule has 2 heterocycles. The summed E-state index contributed by atoms with van der Waals surface area (Å²) in [4.78, 5) is 30.2. The van der Waals surface area contributed by atoms with Crippen LogP contribution < -0.4 is 11.1 Å². The lowest BCUT2D eigenvalue weighted by molar-refractivity contribution is 0.100. The average Bonchev–Trinajstić information content (AvgIpc) is 3.17. The molecular formula is C23H19N3O2S. The summed E-state index contributed by atoms with van der Waals surface area (Å²) in [6, 6.07) is 20.9. The first-order valence-corrected chi connectivity index (χ1v) is 10.00. The molecule has 5 nitrogen and oxygen atoms in total. The van der Waals surface area contributed by atoms with E-state index in [0.717, 1.165) is 15.8 Å². The molecule has 1 atom stereocenters. The zero-order valence-electron chi connectivity index (χ0n) is 15.8. The van der Waals surface area contributed by atoms with E-state index in [1.807, 2.05) is 54.6 Å². The Bertz CT molecular complexity index is 1200. The van der Waals surface area contributed by atoms with E-state index >= 15 is 0 Å². The standard InChI is InChI=1S/C23H19N3O2S/c1-14(15-7-3-2-4-8-15)19-13-18(21(24)27)23(29-19)26-22(28)17-11-5-9-16-10-6-12-25-20(16)17/h2-14H,1H3,(H2,24,27)(H,26,28). The number of thiophene rings is 1. The fourth-order valence-electron chi connectivity index (χ4n) is 3.26. The Morgan fingerprint density at radius 3 is 2.52 bits per heavy atom. The Labute approximate surface area is 172 Å². The van der Waals surface area contributed by atoms with Gasteiger partial charge in [-0.05, 0) is 23.8 Å². The van der Waals surface area contributed by atoms with Crippen molar-refractivity contribution >= 4 is 39.1 Å². The van der Waals surface area contributed by atoms with E-state index in [1.165, 1.54) is 11.3 Å². The van der Waals surface area contributed by atoms with Crippen molar-refractivity contribution in [2.45, 2.75) is 12.8 Å². The first-order valence-electron chi connectivity index (χ1n) is 9.18. The molecule has 4 aromatic rings. The SMILES string of the molecule is CC(c1ccccc1)c1cc(C(N)=O)c(NC(=O)c2cccc3cccnc23)s1. The van der Waals surface area contributed by atoms with Gasteiger partial charge in [0.05, 0.1) is 16.6 Å². The van der Waals surface area contributed by atoms with Gasteiger partial charge in [-0.2, -0.15) is 0 Å². The zero-order chi connectivity index (χ0) is 20.4. The zero-order valence-corrected chi connectivity index (χ0v) is 16.6. The molecule has 0 aliphatic heterocycles. The minimum Gasteiger partial charge on any atom is -0.366 e. The van der Waals surface area contributed by atoms with Gasteiger partial charge in [-0.25, -0.2) is 0 Å². The summed E-state index contributed by atoms with van der Waals surface area (Å²) in [5, 5.41) is 4.19. The molecule has 2 aromatic carbocycles. The Hall–Kier alpha value is -3.51. The smallest absolute Gasteiger partial charge is 0.258 e. The summed E-state index contributed by atoms with van der Waals surface area (Å²) in [5.41, 5.74) is 8.08. The van der Waals surface area contributed by atoms with Crippen LogP contribution in [0.1, 0.15) is 44.0 Å². The number of para-hydroxylation sites is 1. The van der Waals surface area contributed by atoms with Gasteiger partial charge in [0.15, 0.2) is 0 Å². The van der Waals surface area contributed by atoms with Crippen LogP contribution in [0.4, 0.5) is 5.00 Å². The highest BCUT2D eigenvalue weighted by Crippen LogP contribution is 2.36. The fraction of sp³-hybridized carbons (Fsp3) is 0.0870. The normalized spacial score (nSPS) is 11.9. The van der Waals surface area contributed by atoms with Crippen molar-refractivity contribution in [2.75, 3.05) is 5.32 Å². The number of nitrogens with zero attached hydrogens (tertiary/aromatic N) is 1. The molecule has 0 fully saturated rings. The summed E-state index contributed by atoms with van der Waals surface area (Å²) >= 11 is 1.37. The Balaban J connectivity index is 1.68. The van der Waals surface area contributed by atoms with Crippen LogP contribution in [-0.4, -0.2) is 16.8 Å². The number of pyridine rings is 1. The highest BCUT2D eigenvalue weighted by molar-refractivity contribution is 7.16. The van der Waals surface area contributed by atoms with E-state index in [2.05, 4.69) is 17.2 Å². The second-order valence-corrected chi connectivity index (χ2v) is 7.81. The number of nitrogens with two attached hydrogens (primary N) is 1. The predicted molar refractivity (Wildman–Crippen MR) is 116 cm³/mol. The molecule has 6 heteroatoms. The van der Waals surface area contributed by atoms with Gasteiger partial charge >= 0.3 is 0 Å². The molecule has 0 saturated carbocycles. The van der Waals surface area contributed by atoms with Crippen LogP contribution in [-0.2, 0) is 0 Å². The molecule has 0 spiro atoms. The third-order valence-electron chi connectivity index (χ3n) is 4.85. The first kappa shape index (κ1) is 18.8. The van der Waals surface area contributed by atoms with E-state index in [9.17, 15) is 9.59 Å². The second kappa shape index (κ2) is 7.85. The number of aromatic nitrogens is 1. The Morgan fingerprint density at radius 1 is 1.00 bits per heavy atom. The maximum Gasteiger partial charge on any atom is 0.258 e. The quantitative estimate of drug-likeness (QED) is 0.504. The summed E-state index contributed by atoms with van der Waals surface area (Å²) in [6.45, 7) is 2.06. The number of fused-ring (bicyclic) bond motifs is 1. The monoisotopic (exact) mass is 401 g/mol. The van der Waals surface area contributed by atoms with Gasteiger partial charge in [0.25, 0.3) is 11.8 Å². The van der Waals surface area contributed by atoms with Gasteiger partial charge in [-0.1, -0.05) is 55.5 Å². The van der Waals surface area contributed by atoms with Crippen molar-refractivity contribution < 1.29 is 9.59 Å². The van der Waals surface area contributed by atoms with Crippen LogP contribution in [0.25, 0.3) is 10.9 Å². The minimum atomic E-state index is -0.570. The molecule has 0 aliphatic rings. The molecular weight excluding hydrogens is 382 g/mol. The van der Waals surface area contributed by atoms with Crippen molar-refractivity contribution in [3.63, 3.8) is 0 Å². The van der Waals surface area contributed by atoms with Crippen LogP contribution in [0.2, 0.25) is 0 Å². The molecule has 29 heavy (non-hydrogen) atoms. The number of benzene rings is 2. The van der Waals surface area contributed by atoms with Gasteiger partial charge in [0.2, 0.25) is 0 Å². The number of carbonyl (C=O) groups is 2. The van der Waals surface area contributed by atoms with Crippen molar-refractivity contribution in [2.24, 2.45) is 5.73 Å². The van der Waals surface area contributed by atoms with E-state index < -0.39 is 5.91 Å². The maximum atomic E-state index is 13.0. The Kier molecular flexibility index (Phi) is 5.10. The van der Waals surface area contributed by atoms with Crippen molar-refractivity contribution in [3.05, 3.63) is 94.5 Å². The van der Waals surface area contributed by atoms with Gasteiger partial charge in [-0.15, -0.1) is 11.3 Å². The number of amides is 2. The van der Waals surface area contributed by atoms with E-state index in [1.54, 1.807) is 18.3 Å². The molecule has 2 aromatic heterocycles. The molecule has 2 amide bonds. The highest BCUT2D eigenvalue weighted by atomic mass is 32.1. The number of nitrogens with one attached hydrogen (secondary N) is 1. The fourth-order valence-corrected chi connectivity index (χ4v) is 4.40. The Morgan fingerprint density at radius 2 is 1.76 bits per heavy atom. The molecule has 144 valence electrons. The average molecular weight is 401 g/mol. The summed E-state index contributed by atoms with van der Waals surface area (Å²) in [6.07, 6.45) is 1.65. The summed E-state index contributed by atoms with van der Waals surface area (Å²) in [5.74, 6) is -0.819. The lowest BCUT2D eigenvalue weighted by atomic mass is 9.99. The number of hydrogen-bond acceptors (Lipinski definition) is 4. The van der Waals surface area contributed by atoms with Crippen LogP contribution in [0, 0.1) is 0 Å². The summed E-state index contributed by atoms with van der Waals surface area (Å²) in [7, 11) is 0. The van der Waals surface area contributed by atoms with Gasteiger partial charge in [-0.3, -0.25) is 14.6 Å². The van der Waals surface area contributed by atoms with Crippen LogP contribution in [0.15, 0.2) is 72.9 Å². The number of hydrogen-bond donors (Lipinski definition) is 2. The lowest BCUT2D eigenvalue weighted by Gasteiger charge is -2.09. The van der Waals surface area contributed by atoms with Crippen LogP contribution >= 0.6 is 11.3 Å². The van der Waals surface area contributed by atoms with E-state index in [4.69, 9.17) is 5.73 Å². The van der Waals surface area contributed by atoms with Crippen molar-refractivity contribution in [3.8, 4) is 0 Å². The predicted octanol–water partition coefficient (Wildman–Crippen LogP) is 4.80. The van der Waals surface area contributed by atoms with Crippen LogP contribution in [0.3, 0.4) is 0 Å². The number of rotatable bonds is 5. The largest absolute Gasteiger partial charge is 0.366 e. The van der Waals surface area contributed by atoms with E-state index in [-0.39, 0.29) is 11.8 Å². The second-order valence-electron chi connectivity index (χ2n) is 6.72. The molecule has 0 saturated heterocycles. The molecule has 0 bridgehead atoms. The highest BCUT2D eigenvalue weighted by Gasteiger charge is 2.21. The number of primary amides is 1. The molecule has 0 aliphatic carbocycles. The number of anilines is 1. The molecule has 1 unspecified atom stereocenters. The maximum absolute atomic E-state index is 13.0. The van der Waals surface area contributed by atoms with Gasteiger partial charge < -0.3 is 11.1 Å². The van der Waals surface area contributed by atoms with Crippen molar-refractivity contribution in [1.82, 2.24) is 4.98 Å². The molecule has 4 rings (SSSR count). The third-order valence-corrected chi connectivity index (χ3v) is 6.08. The molecule has 3 N–H and O–H groups in total. The topological polar surface area (TPSA) is 85.1 Å². The minimum absolute atomic E-state index is 0.0733.